The van der Waals surface area contributed by atoms with E-state index in [-0.39, 0.29) is 35.1 Å². The number of ketones is 1. The standard InChI is InChI=1S/C10H13NO3S/c12-8(7-3-1-2-4-7)5-11-9(13)6-15-10(11)14/h7H,1-6H2. The molecule has 1 saturated carbocycles. The van der Waals surface area contributed by atoms with Gasteiger partial charge in [-0.05, 0) is 12.8 Å². The first-order valence-electron chi connectivity index (χ1n) is 5.18. The quantitative estimate of drug-likeness (QED) is 0.732. The van der Waals surface area contributed by atoms with E-state index in [9.17, 15) is 14.4 Å². The molecule has 5 heteroatoms. The number of imide groups is 1. The van der Waals surface area contributed by atoms with Gasteiger partial charge in [-0.25, -0.2) is 0 Å². The highest BCUT2D eigenvalue weighted by atomic mass is 32.2. The third-order valence-corrected chi connectivity index (χ3v) is 3.82. The molecule has 2 fully saturated rings. The lowest BCUT2D eigenvalue weighted by molar-refractivity contribution is -0.131. The predicted molar refractivity (Wildman–Crippen MR) is 56.5 cm³/mol. The first-order valence-corrected chi connectivity index (χ1v) is 6.17. The van der Waals surface area contributed by atoms with Gasteiger partial charge < -0.3 is 0 Å². The summed E-state index contributed by atoms with van der Waals surface area (Å²) in [5.74, 6) is 0.0980. The van der Waals surface area contributed by atoms with Crippen LogP contribution in [0.4, 0.5) is 4.79 Å². The average molecular weight is 227 g/mol. The van der Waals surface area contributed by atoms with Crippen molar-refractivity contribution in [3.05, 3.63) is 0 Å². The normalized spacial score (nSPS) is 22.8. The molecule has 4 nitrogen and oxygen atoms in total. The van der Waals surface area contributed by atoms with E-state index < -0.39 is 0 Å². The van der Waals surface area contributed by atoms with Gasteiger partial charge in [0.15, 0.2) is 5.78 Å². The summed E-state index contributed by atoms with van der Waals surface area (Å²) in [4.78, 5) is 35.3. The summed E-state index contributed by atoms with van der Waals surface area (Å²) >= 11 is 0.983. The Balaban J connectivity index is 1.93. The summed E-state index contributed by atoms with van der Waals surface area (Å²) in [7, 11) is 0. The van der Waals surface area contributed by atoms with Crippen LogP contribution in [0.2, 0.25) is 0 Å². The maximum Gasteiger partial charge on any atom is 0.289 e. The van der Waals surface area contributed by atoms with Gasteiger partial charge in [0.25, 0.3) is 5.24 Å². The lowest BCUT2D eigenvalue weighted by atomic mass is 10.0. The first kappa shape index (κ1) is 10.7. The van der Waals surface area contributed by atoms with E-state index in [2.05, 4.69) is 0 Å². The smallest absolute Gasteiger partial charge is 0.289 e. The molecule has 82 valence electrons. The van der Waals surface area contributed by atoms with Crippen LogP contribution in [0.5, 0.6) is 0 Å². The van der Waals surface area contributed by atoms with Crippen LogP contribution in [0.1, 0.15) is 25.7 Å². The number of Topliss-reactive ketones (excluding diaryl/α,β-unsaturated/α-hetero) is 1. The molecule has 0 N–H and O–H groups in total. The van der Waals surface area contributed by atoms with Crippen LogP contribution in [0.3, 0.4) is 0 Å². The number of amides is 2. The van der Waals surface area contributed by atoms with Gasteiger partial charge >= 0.3 is 0 Å². The van der Waals surface area contributed by atoms with Gasteiger partial charge in [0.05, 0.1) is 12.3 Å². The van der Waals surface area contributed by atoms with Crippen molar-refractivity contribution in [1.29, 1.82) is 0 Å². The zero-order valence-corrected chi connectivity index (χ0v) is 9.22. The number of thioether (sulfide) groups is 1. The number of carbonyl (C=O) groups is 3. The van der Waals surface area contributed by atoms with Crippen molar-refractivity contribution in [2.75, 3.05) is 12.3 Å². The molecule has 0 aromatic heterocycles. The maximum atomic E-state index is 11.7. The zero-order chi connectivity index (χ0) is 10.8. The van der Waals surface area contributed by atoms with Crippen molar-refractivity contribution >= 4 is 28.7 Å². The Morgan fingerprint density at radius 3 is 2.53 bits per heavy atom. The number of hydrogen-bond acceptors (Lipinski definition) is 4. The van der Waals surface area contributed by atoms with Gasteiger partial charge in [-0.3, -0.25) is 19.3 Å². The molecule has 2 amide bonds. The molecule has 0 unspecified atom stereocenters. The molecule has 0 aromatic rings. The molecular weight excluding hydrogens is 214 g/mol. The molecule has 0 atom stereocenters. The Morgan fingerprint density at radius 2 is 2.00 bits per heavy atom. The summed E-state index contributed by atoms with van der Waals surface area (Å²) in [5.41, 5.74) is 0. The second-order valence-electron chi connectivity index (χ2n) is 3.98. The van der Waals surface area contributed by atoms with Gasteiger partial charge in [-0.15, -0.1) is 0 Å². The third-order valence-electron chi connectivity index (χ3n) is 2.97. The minimum Gasteiger partial charge on any atom is -0.297 e. The molecule has 0 aromatic carbocycles. The largest absolute Gasteiger partial charge is 0.297 e. The van der Waals surface area contributed by atoms with Gasteiger partial charge in [-0.2, -0.15) is 0 Å². The van der Waals surface area contributed by atoms with Crippen LogP contribution in [0, 0.1) is 5.92 Å². The maximum absolute atomic E-state index is 11.7. The molecule has 1 saturated heterocycles. The molecule has 1 aliphatic heterocycles. The Labute approximate surface area is 92.4 Å². The van der Waals surface area contributed by atoms with E-state index in [4.69, 9.17) is 0 Å². The van der Waals surface area contributed by atoms with Crippen molar-refractivity contribution in [3.63, 3.8) is 0 Å². The van der Waals surface area contributed by atoms with Crippen LogP contribution >= 0.6 is 11.8 Å². The van der Waals surface area contributed by atoms with E-state index in [1.807, 2.05) is 0 Å². The van der Waals surface area contributed by atoms with Crippen molar-refractivity contribution in [3.8, 4) is 0 Å². The monoisotopic (exact) mass is 227 g/mol. The van der Waals surface area contributed by atoms with Gasteiger partial charge in [0.1, 0.15) is 0 Å². The predicted octanol–water partition coefficient (Wildman–Crippen LogP) is 1.44. The van der Waals surface area contributed by atoms with Crippen molar-refractivity contribution < 1.29 is 14.4 Å². The van der Waals surface area contributed by atoms with Crippen LogP contribution < -0.4 is 0 Å². The lowest BCUT2D eigenvalue weighted by Gasteiger charge is -2.14. The molecular formula is C10H13NO3S. The zero-order valence-electron chi connectivity index (χ0n) is 8.40. The Morgan fingerprint density at radius 1 is 1.33 bits per heavy atom. The Kier molecular flexibility index (Phi) is 3.09. The second kappa shape index (κ2) is 4.35. The highest BCUT2D eigenvalue weighted by molar-refractivity contribution is 8.14. The molecule has 0 bridgehead atoms. The fraction of sp³-hybridized carbons (Fsp3) is 0.700. The SMILES string of the molecule is O=C(CN1C(=O)CSC1=O)C1CCCC1. The topological polar surface area (TPSA) is 54.5 Å². The van der Waals surface area contributed by atoms with Crippen molar-refractivity contribution in [1.82, 2.24) is 4.90 Å². The fourth-order valence-corrected chi connectivity index (χ4v) is 2.79. The lowest BCUT2D eigenvalue weighted by Crippen LogP contribution is -2.36. The Hall–Kier alpha value is -0.840. The highest BCUT2D eigenvalue weighted by Gasteiger charge is 2.33. The number of rotatable bonds is 3. The van der Waals surface area contributed by atoms with E-state index in [1.165, 1.54) is 0 Å². The van der Waals surface area contributed by atoms with E-state index in [0.29, 0.717) is 0 Å². The van der Waals surface area contributed by atoms with Gasteiger partial charge in [0.2, 0.25) is 5.91 Å². The summed E-state index contributed by atoms with van der Waals surface area (Å²) in [5, 5.41) is -0.272. The molecule has 1 heterocycles. The Bertz CT molecular complexity index is 294. The van der Waals surface area contributed by atoms with E-state index >= 15 is 0 Å². The van der Waals surface area contributed by atoms with Gasteiger partial charge in [-0.1, -0.05) is 24.6 Å². The molecule has 1 aliphatic carbocycles. The number of hydrogen-bond donors (Lipinski definition) is 0. The number of nitrogens with zero attached hydrogens (tertiary/aromatic N) is 1. The summed E-state index contributed by atoms with van der Waals surface area (Å²) in [6, 6.07) is 0. The van der Waals surface area contributed by atoms with E-state index in [1.54, 1.807) is 0 Å². The van der Waals surface area contributed by atoms with Crippen molar-refractivity contribution in [2.24, 2.45) is 5.92 Å². The summed E-state index contributed by atoms with van der Waals surface area (Å²) < 4.78 is 0. The highest BCUT2D eigenvalue weighted by Crippen LogP contribution is 2.27. The van der Waals surface area contributed by atoms with E-state index in [0.717, 1.165) is 42.3 Å². The number of carbonyl (C=O) groups excluding carboxylic acids is 3. The van der Waals surface area contributed by atoms with Crippen LogP contribution in [0.15, 0.2) is 0 Å². The minimum atomic E-state index is -0.272. The molecule has 2 aliphatic rings. The third kappa shape index (κ3) is 2.22. The fourth-order valence-electron chi connectivity index (χ4n) is 2.07. The molecule has 0 radical (unpaired) electrons. The van der Waals surface area contributed by atoms with Crippen molar-refractivity contribution in [2.45, 2.75) is 25.7 Å². The van der Waals surface area contributed by atoms with Crippen LogP contribution in [-0.2, 0) is 9.59 Å². The average Bonchev–Trinajstić information content (AvgIpc) is 2.82. The first-order chi connectivity index (χ1) is 7.18. The van der Waals surface area contributed by atoms with Crippen LogP contribution in [0.25, 0.3) is 0 Å². The molecule has 0 spiro atoms. The summed E-state index contributed by atoms with van der Waals surface area (Å²) in [6.45, 7) is -0.00463. The van der Waals surface area contributed by atoms with Gasteiger partial charge in [0, 0.05) is 5.92 Å². The minimum absolute atomic E-state index is 0.00463. The second-order valence-corrected chi connectivity index (χ2v) is 4.91. The van der Waals surface area contributed by atoms with Crippen LogP contribution in [-0.4, -0.2) is 34.1 Å². The molecule has 2 rings (SSSR count). The summed E-state index contributed by atoms with van der Waals surface area (Å²) in [6.07, 6.45) is 4.02. The molecule has 15 heavy (non-hydrogen) atoms.